The molecule has 0 heterocycles. The molecular weight excluding hydrogens is 180 g/mol. The molecule has 0 bridgehead atoms. The van der Waals surface area contributed by atoms with Crippen molar-refractivity contribution in [2.45, 2.75) is 19.8 Å². The number of hydrogen-bond acceptors (Lipinski definition) is 3. The van der Waals surface area contributed by atoms with Crippen molar-refractivity contribution in [3.63, 3.8) is 0 Å². The smallest absolute Gasteiger partial charge is 0.220 e. The summed E-state index contributed by atoms with van der Waals surface area (Å²) in [5.41, 5.74) is 0.629. The number of aromatic hydroxyl groups is 1. The molecule has 3 heteroatoms. The van der Waals surface area contributed by atoms with Gasteiger partial charge in [-0.05, 0) is 23.6 Å². The molecule has 0 atom stereocenters. The predicted molar refractivity (Wildman–Crippen MR) is 55.6 cm³/mol. The monoisotopic (exact) mass is 194 g/mol. The lowest BCUT2D eigenvalue weighted by Crippen LogP contribution is -1.96. The minimum absolute atomic E-state index is 0.193. The van der Waals surface area contributed by atoms with Gasteiger partial charge in [-0.25, -0.2) is 0 Å². The Kier molecular flexibility index (Phi) is 5.22. The van der Waals surface area contributed by atoms with Crippen molar-refractivity contribution in [3.05, 3.63) is 40.1 Å². The van der Waals surface area contributed by atoms with E-state index in [0.717, 1.165) is 5.56 Å². The summed E-state index contributed by atoms with van der Waals surface area (Å²) in [6.45, 7) is 6.01. The average Bonchev–Trinajstić information content (AvgIpc) is 2.33. The van der Waals surface area contributed by atoms with Crippen LogP contribution in [0.4, 0.5) is 0 Å². The molecule has 3 nitrogen and oxygen atoms in total. The summed E-state index contributed by atoms with van der Waals surface area (Å²) in [4.78, 5) is 19.1. The van der Waals surface area contributed by atoms with Gasteiger partial charge < -0.3 is 9.90 Å². The summed E-state index contributed by atoms with van der Waals surface area (Å²) in [5.74, 6) is 0.117. The first kappa shape index (κ1) is 12.4. The van der Waals surface area contributed by atoms with Gasteiger partial charge in [0.05, 0.1) is 0 Å². The van der Waals surface area contributed by atoms with Crippen molar-refractivity contribution in [1.29, 1.82) is 0 Å². The zero-order valence-electron chi connectivity index (χ0n) is 8.36. The van der Waals surface area contributed by atoms with Crippen molar-refractivity contribution >= 4 is 6.79 Å². The van der Waals surface area contributed by atoms with Crippen molar-refractivity contribution in [1.82, 2.24) is 0 Å². The van der Waals surface area contributed by atoms with Crippen LogP contribution in [0.2, 0.25) is 0 Å². The molecule has 0 aromatic heterocycles. The Morgan fingerprint density at radius 1 is 1.29 bits per heavy atom. The fourth-order valence-corrected chi connectivity index (χ4v) is 0.965. The van der Waals surface area contributed by atoms with Crippen LogP contribution in [0.3, 0.4) is 0 Å². The molecule has 0 unspecified atom stereocenters. The van der Waals surface area contributed by atoms with Crippen molar-refractivity contribution in [3.8, 4) is 5.75 Å². The van der Waals surface area contributed by atoms with Crippen LogP contribution >= 0.6 is 0 Å². The van der Waals surface area contributed by atoms with E-state index in [2.05, 4.69) is 0 Å². The van der Waals surface area contributed by atoms with Crippen LogP contribution in [0.5, 0.6) is 5.75 Å². The van der Waals surface area contributed by atoms with Gasteiger partial charge in [-0.15, -0.1) is 0 Å². The molecule has 0 aliphatic carbocycles. The molecule has 0 saturated heterocycles. The van der Waals surface area contributed by atoms with Crippen LogP contribution < -0.4 is 5.43 Å². The number of hydrogen-bond donors (Lipinski definition) is 1. The summed E-state index contributed by atoms with van der Waals surface area (Å²) in [6.07, 6.45) is 0. The highest BCUT2D eigenvalue weighted by atomic mass is 16.3. The third kappa shape index (κ3) is 3.39. The third-order valence-electron chi connectivity index (χ3n) is 1.76. The fraction of sp³-hybridized carbons (Fsp3) is 0.273. The van der Waals surface area contributed by atoms with E-state index in [0.29, 0.717) is 5.92 Å². The SMILES string of the molecule is C=O.CC(C)c1cccc(O)c(=O)c1. The average molecular weight is 194 g/mol. The van der Waals surface area contributed by atoms with Crippen LogP contribution in [0.15, 0.2) is 29.1 Å². The van der Waals surface area contributed by atoms with Gasteiger partial charge in [-0.1, -0.05) is 26.0 Å². The Labute approximate surface area is 83.0 Å². The first-order valence-corrected chi connectivity index (χ1v) is 4.23. The Morgan fingerprint density at radius 2 is 1.86 bits per heavy atom. The Bertz CT molecular complexity index is 345. The molecule has 0 spiro atoms. The van der Waals surface area contributed by atoms with Gasteiger partial charge in [-0.3, -0.25) is 4.79 Å². The maximum Gasteiger partial charge on any atom is 0.220 e. The molecule has 1 aromatic rings. The van der Waals surface area contributed by atoms with Crippen LogP contribution in [0.1, 0.15) is 25.3 Å². The van der Waals surface area contributed by atoms with E-state index >= 15 is 0 Å². The molecule has 0 aliphatic rings. The van der Waals surface area contributed by atoms with Gasteiger partial charge >= 0.3 is 0 Å². The van der Waals surface area contributed by atoms with Gasteiger partial charge in [0.1, 0.15) is 6.79 Å². The third-order valence-corrected chi connectivity index (χ3v) is 1.76. The van der Waals surface area contributed by atoms with Crippen LogP contribution in [0, 0.1) is 0 Å². The highest BCUT2D eigenvalue weighted by Crippen LogP contribution is 2.11. The molecule has 0 fully saturated rings. The van der Waals surface area contributed by atoms with E-state index in [-0.39, 0.29) is 11.2 Å². The largest absolute Gasteiger partial charge is 0.504 e. The second kappa shape index (κ2) is 5.91. The van der Waals surface area contributed by atoms with Crippen molar-refractivity contribution in [2.24, 2.45) is 0 Å². The molecule has 0 amide bonds. The van der Waals surface area contributed by atoms with E-state index < -0.39 is 0 Å². The van der Waals surface area contributed by atoms with Gasteiger partial charge in [-0.2, -0.15) is 0 Å². The summed E-state index contributed by atoms with van der Waals surface area (Å²) in [7, 11) is 0. The second-order valence-electron chi connectivity index (χ2n) is 3.07. The molecule has 1 N–H and O–H groups in total. The Balaban J connectivity index is 0.000000791. The lowest BCUT2D eigenvalue weighted by Gasteiger charge is -1.98. The van der Waals surface area contributed by atoms with E-state index in [1.54, 1.807) is 6.07 Å². The van der Waals surface area contributed by atoms with E-state index in [9.17, 15) is 4.79 Å². The number of carbonyl (C=O) groups is 1. The predicted octanol–water partition coefficient (Wildman–Crippen LogP) is 1.69. The minimum atomic E-state index is -0.316. The van der Waals surface area contributed by atoms with Crippen LogP contribution in [-0.4, -0.2) is 11.9 Å². The van der Waals surface area contributed by atoms with E-state index in [1.807, 2.05) is 26.7 Å². The Hall–Kier alpha value is -1.64. The molecular formula is C11H14O3. The molecule has 14 heavy (non-hydrogen) atoms. The Morgan fingerprint density at radius 3 is 2.36 bits per heavy atom. The zero-order valence-corrected chi connectivity index (χ0v) is 8.36. The van der Waals surface area contributed by atoms with E-state index in [4.69, 9.17) is 9.90 Å². The van der Waals surface area contributed by atoms with E-state index in [1.165, 1.54) is 12.1 Å². The van der Waals surface area contributed by atoms with Crippen molar-refractivity contribution < 1.29 is 9.90 Å². The number of rotatable bonds is 1. The normalized spacial score (nSPS) is 9.07. The van der Waals surface area contributed by atoms with Gasteiger partial charge in [0.25, 0.3) is 0 Å². The molecule has 76 valence electrons. The lowest BCUT2D eigenvalue weighted by atomic mass is 10.1. The summed E-state index contributed by atoms with van der Waals surface area (Å²) < 4.78 is 0. The molecule has 1 rings (SSSR count). The molecule has 0 aliphatic heterocycles. The lowest BCUT2D eigenvalue weighted by molar-refractivity contribution is -0.0979. The minimum Gasteiger partial charge on any atom is -0.504 e. The molecule has 0 radical (unpaired) electrons. The van der Waals surface area contributed by atoms with Gasteiger partial charge in [0.15, 0.2) is 5.75 Å². The fourth-order valence-electron chi connectivity index (χ4n) is 0.965. The standard InChI is InChI=1S/C10H12O2.CH2O/c1-7(2)8-4-3-5-9(11)10(12)6-8;1-2/h3-7H,1-2H3,(H,11,12);1H2. The first-order valence-electron chi connectivity index (χ1n) is 4.23. The number of carbonyl (C=O) groups excluding carboxylic acids is 1. The second-order valence-corrected chi connectivity index (χ2v) is 3.07. The van der Waals surface area contributed by atoms with Gasteiger partial charge in [0, 0.05) is 0 Å². The zero-order chi connectivity index (χ0) is 11.1. The summed E-state index contributed by atoms with van der Waals surface area (Å²) in [6, 6.07) is 6.41. The van der Waals surface area contributed by atoms with Crippen LogP contribution in [0.25, 0.3) is 0 Å². The first-order chi connectivity index (χ1) is 6.61. The van der Waals surface area contributed by atoms with Crippen molar-refractivity contribution in [2.75, 3.05) is 0 Å². The summed E-state index contributed by atoms with van der Waals surface area (Å²) >= 11 is 0. The molecule has 0 saturated carbocycles. The molecule has 1 aromatic carbocycles. The maximum absolute atomic E-state index is 11.1. The van der Waals surface area contributed by atoms with Gasteiger partial charge in [0.2, 0.25) is 5.43 Å². The highest BCUT2D eigenvalue weighted by molar-refractivity contribution is 5.25. The van der Waals surface area contributed by atoms with Crippen LogP contribution in [-0.2, 0) is 4.79 Å². The quantitative estimate of drug-likeness (QED) is 0.740. The summed E-state index contributed by atoms with van der Waals surface area (Å²) in [5, 5.41) is 9.07. The topological polar surface area (TPSA) is 54.4 Å². The maximum atomic E-state index is 11.1. The highest BCUT2D eigenvalue weighted by Gasteiger charge is 1.99.